The van der Waals surface area contributed by atoms with Crippen molar-refractivity contribution in [3.63, 3.8) is 0 Å². The van der Waals surface area contributed by atoms with Gasteiger partial charge in [0.15, 0.2) is 0 Å². The van der Waals surface area contributed by atoms with Gasteiger partial charge in [-0.1, -0.05) is 6.92 Å². The average molecular weight is 149 g/mol. The van der Waals surface area contributed by atoms with Crippen molar-refractivity contribution in [2.24, 2.45) is 0 Å². The molecule has 54 valence electrons. The molecule has 0 radical (unpaired) electrons. The van der Waals surface area contributed by atoms with E-state index in [-0.39, 0.29) is 5.38 Å². The minimum Gasteiger partial charge on any atom is -0.314 e. The molecule has 1 fully saturated rings. The number of rotatable bonds is 2. The molecule has 9 heavy (non-hydrogen) atoms. The van der Waals surface area contributed by atoms with Crippen molar-refractivity contribution < 1.29 is 0 Å². The van der Waals surface area contributed by atoms with Crippen LogP contribution in [0.15, 0.2) is 0 Å². The van der Waals surface area contributed by atoms with Crippen LogP contribution in [0.1, 0.15) is 6.92 Å². The summed E-state index contributed by atoms with van der Waals surface area (Å²) in [6.45, 7) is 5.07. The highest BCUT2D eigenvalue weighted by Gasteiger charge is 2.23. The highest BCUT2D eigenvalue weighted by molar-refractivity contribution is 6.21. The Bertz CT molecular complexity index is 87.1. The molecule has 0 aromatic heterocycles. The Morgan fingerprint density at radius 3 is 2.89 bits per heavy atom. The number of nitrogens with one attached hydrogen (secondary N) is 2. The highest BCUT2D eigenvalue weighted by atomic mass is 35.5. The van der Waals surface area contributed by atoms with Crippen LogP contribution < -0.4 is 10.6 Å². The predicted octanol–water partition coefficient (Wildman–Crippen LogP) is 0.175. The third-order valence-electron chi connectivity index (χ3n) is 1.61. The van der Waals surface area contributed by atoms with Gasteiger partial charge < -0.3 is 10.6 Å². The van der Waals surface area contributed by atoms with Gasteiger partial charge in [-0.15, -0.1) is 11.6 Å². The van der Waals surface area contributed by atoms with Gasteiger partial charge in [0, 0.05) is 19.1 Å². The van der Waals surface area contributed by atoms with Crippen LogP contribution in [0.25, 0.3) is 0 Å². The van der Waals surface area contributed by atoms with Gasteiger partial charge in [-0.05, 0) is 6.54 Å². The van der Waals surface area contributed by atoms with E-state index in [2.05, 4.69) is 17.6 Å². The topological polar surface area (TPSA) is 24.1 Å². The molecule has 2 nitrogen and oxygen atoms in total. The highest BCUT2D eigenvalue weighted by Crippen LogP contribution is 2.06. The zero-order valence-electron chi connectivity index (χ0n) is 5.65. The zero-order valence-corrected chi connectivity index (χ0v) is 6.41. The largest absolute Gasteiger partial charge is 0.314 e. The van der Waals surface area contributed by atoms with Gasteiger partial charge in [-0.25, -0.2) is 0 Å². The van der Waals surface area contributed by atoms with Crippen molar-refractivity contribution in [2.75, 3.05) is 19.6 Å². The molecule has 3 heteroatoms. The lowest BCUT2D eigenvalue weighted by Gasteiger charge is -2.11. The van der Waals surface area contributed by atoms with E-state index in [1.165, 1.54) is 0 Å². The summed E-state index contributed by atoms with van der Waals surface area (Å²) in [6, 6.07) is 0.483. The molecule has 0 aromatic carbocycles. The van der Waals surface area contributed by atoms with Crippen LogP contribution in [0.3, 0.4) is 0 Å². The van der Waals surface area contributed by atoms with Crippen LogP contribution in [0.5, 0.6) is 0 Å². The maximum atomic E-state index is 5.93. The molecule has 0 aromatic rings. The summed E-state index contributed by atoms with van der Waals surface area (Å²) < 4.78 is 0. The van der Waals surface area contributed by atoms with Crippen molar-refractivity contribution in [3.8, 4) is 0 Å². The summed E-state index contributed by atoms with van der Waals surface area (Å²) >= 11 is 5.93. The number of alkyl halides is 1. The Balaban J connectivity index is 2.22. The molecule has 2 N–H and O–H groups in total. The fraction of sp³-hybridized carbons (Fsp3) is 1.00. The van der Waals surface area contributed by atoms with Crippen LogP contribution in [0, 0.1) is 0 Å². The van der Waals surface area contributed by atoms with E-state index in [9.17, 15) is 0 Å². The summed E-state index contributed by atoms with van der Waals surface area (Å²) in [5.41, 5.74) is 0. The Kier molecular flexibility index (Phi) is 2.76. The molecule has 1 heterocycles. The van der Waals surface area contributed by atoms with E-state index in [0.29, 0.717) is 6.04 Å². The van der Waals surface area contributed by atoms with Crippen LogP contribution in [0.2, 0.25) is 0 Å². The van der Waals surface area contributed by atoms with E-state index >= 15 is 0 Å². The quantitative estimate of drug-likeness (QED) is 0.546. The lowest BCUT2D eigenvalue weighted by molar-refractivity contribution is 0.571. The lowest BCUT2D eigenvalue weighted by Crippen LogP contribution is -2.36. The van der Waals surface area contributed by atoms with E-state index in [0.717, 1.165) is 19.6 Å². The summed E-state index contributed by atoms with van der Waals surface area (Å²) in [7, 11) is 0. The van der Waals surface area contributed by atoms with Gasteiger partial charge in [0.25, 0.3) is 0 Å². The molecule has 0 spiro atoms. The van der Waals surface area contributed by atoms with Crippen LogP contribution in [-0.4, -0.2) is 31.1 Å². The van der Waals surface area contributed by atoms with Gasteiger partial charge in [0.1, 0.15) is 0 Å². The van der Waals surface area contributed by atoms with Crippen LogP contribution in [-0.2, 0) is 0 Å². The van der Waals surface area contributed by atoms with Crippen LogP contribution in [0.4, 0.5) is 0 Å². The molecule has 0 aliphatic carbocycles. The van der Waals surface area contributed by atoms with Gasteiger partial charge in [0.2, 0.25) is 0 Å². The maximum Gasteiger partial charge on any atom is 0.0625 e. The number of halogens is 1. The molecule has 2 atom stereocenters. The molecule has 1 saturated heterocycles. The van der Waals surface area contributed by atoms with Crippen molar-refractivity contribution in [3.05, 3.63) is 0 Å². The van der Waals surface area contributed by atoms with E-state index in [4.69, 9.17) is 11.6 Å². The SMILES string of the molecule is CCNC1CNCC1Cl. The second-order valence-corrected chi connectivity index (χ2v) is 2.90. The number of hydrogen-bond donors (Lipinski definition) is 2. The first kappa shape index (κ1) is 7.32. The summed E-state index contributed by atoms with van der Waals surface area (Å²) in [5, 5.41) is 6.79. The van der Waals surface area contributed by atoms with Crippen molar-refractivity contribution >= 4 is 11.6 Å². The normalized spacial score (nSPS) is 35.3. The summed E-state index contributed by atoms with van der Waals surface area (Å²) in [5.74, 6) is 0. The second kappa shape index (κ2) is 3.40. The maximum absolute atomic E-state index is 5.93. The summed E-state index contributed by atoms with van der Waals surface area (Å²) in [4.78, 5) is 0. The molecule has 0 amide bonds. The van der Waals surface area contributed by atoms with E-state index in [1.807, 2.05) is 0 Å². The minimum absolute atomic E-state index is 0.282. The van der Waals surface area contributed by atoms with Gasteiger partial charge in [-0.2, -0.15) is 0 Å². The van der Waals surface area contributed by atoms with Crippen molar-refractivity contribution in [1.82, 2.24) is 10.6 Å². The third-order valence-corrected chi connectivity index (χ3v) is 2.06. The van der Waals surface area contributed by atoms with Crippen molar-refractivity contribution in [1.29, 1.82) is 0 Å². The molecule has 1 aliphatic rings. The summed E-state index contributed by atoms with van der Waals surface area (Å²) in [6.07, 6.45) is 0. The second-order valence-electron chi connectivity index (χ2n) is 2.34. The fourth-order valence-corrected chi connectivity index (χ4v) is 1.40. The smallest absolute Gasteiger partial charge is 0.0625 e. The first-order chi connectivity index (χ1) is 4.34. The Morgan fingerprint density at radius 1 is 1.67 bits per heavy atom. The van der Waals surface area contributed by atoms with Gasteiger partial charge in [-0.3, -0.25) is 0 Å². The third kappa shape index (κ3) is 1.81. The van der Waals surface area contributed by atoms with Gasteiger partial charge >= 0.3 is 0 Å². The molecule has 1 aliphatic heterocycles. The standard InChI is InChI=1S/C6H13ClN2/c1-2-9-6-4-8-3-5(6)7/h5-6,8-9H,2-4H2,1H3. The molecule has 0 bridgehead atoms. The Labute approximate surface area is 61.0 Å². The molecule has 0 saturated carbocycles. The monoisotopic (exact) mass is 148 g/mol. The molecular formula is C6H13ClN2. The van der Waals surface area contributed by atoms with Crippen molar-refractivity contribution in [2.45, 2.75) is 18.3 Å². The minimum atomic E-state index is 0.282. The van der Waals surface area contributed by atoms with E-state index in [1.54, 1.807) is 0 Å². The molecule has 2 unspecified atom stereocenters. The van der Waals surface area contributed by atoms with Crippen LogP contribution >= 0.6 is 11.6 Å². The average Bonchev–Trinajstić information content (AvgIpc) is 2.18. The number of hydrogen-bond acceptors (Lipinski definition) is 2. The number of likely N-dealkylation sites (N-methyl/N-ethyl adjacent to an activating group) is 1. The Morgan fingerprint density at radius 2 is 2.44 bits per heavy atom. The first-order valence-corrected chi connectivity index (χ1v) is 3.86. The van der Waals surface area contributed by atoms with E-state index < -0.39 is 0 Å². The zero-order chi connectivity index (χ0) is 6.69. The molecule has 1 rings (SSSR count). The predicted molar refractivity (Wildman–Crippen MR) is 40.0 cm³/mol. The van der Waals surface area contributed by atoms with Gasteiger partial charge in [0.05, 0.1) is 5.38 Å². The molecular weight excluding hydrogens is 136 g/mol. The fourth-order valence-electron chi connectivity index (χ4n) is 1.11. The Hall–Kier alpha value is 0.210. The lowest BCUT2D eigenvalue weighted by atomic mass is 10.2. The first-order valence-electron chi connectivity index (χ1n) is 3.42.